The molecule has 1 saturated carbocycles. The summed E-state index contributed by atoms with van der Waals surface area (Å²) < 4.78 is 23.3. The molecule has 1 amide bonds. The Morgan fingerprint density at radius 2 is 1.92 bits per heavy atom. The van der Waals surface area contributed by atoms with Crippen molar-refractivity contribution < 1.29 is 13.2 Å². The van der Waals surface area contributed by atoms with Gasteiger partial charge in [-0.2, -0.15) is 0 Å². The molecule has 1 aromatic heterocycles. The first-order chi connectivity index (χ1) is 11.5. The van der Waals surface area contributed by atoms with Crippen molar-refractivity contribution in [2.24, 2.45) is 0 Å². The lowest BCUT2D eigenvalue weighted by atomic mass is 10.2. The van der Waals surface area contributed by atoms with E-state index in [9.17, 15) is 13.2 Å². The molecule has 1 unspecified atom stereocenters. The Bertz CT molecular complexity index is 684. The zero-order valence-electron chi connectivity index (χ0n) is 13.9. The van der Waals surface area contributed by atoms with Crippen molar-refractivity contribution in [3.8, 4) is 0 Å². The number of hydrogen-bond acceptors (Lipinski definition) is 6. The van der Waals surface area contributed by atoms with Crippen LogP contribution < -0.4 is 5.32 Å². The fourth-order valence-electron chi connectivity index (χ4n) is 3.52. The lowest BCUT2D eigenvalue weighted by Crippen LogP contribution is -2.41. The number of aromatic nitrogens is 2. The Morgan fingerprint density at radius 3 is 2.46 bits per heavy atom. The molecule has 0 aromatic carbocycles. The Balaban J connectivity index is 1.66. The standard InChI is InChI=1S/C16H24N4O3S/c1-2-20(14-7-8-24(22,23)11-14)15(21)12-9-17-16(18-10-12)19-13-5-3-4-6-13/h9-10,13-14H,2-8,11H2,1H3,(H,17,18,19). The van der Waals surface area contributed by atoms with Crippen molar-refractivity contribution in [2.75, 3.05) is 23.4 Å². The summed E-state index contributed by atoms with van der Waals surface area (Å²) in [4.78, 5) is 22.8. The second-order valence-corrected chi connectivity index (χ2v) is 8.80. The Labute approximate surface area is 142 Å². The number of hydrogen-bond donors (Lipinski definition) is 1. The fraction of sp³-hybridized carbons (Fsp3) is 0.688. The molecule has 0 spiro atoms. The molecule has 3 rings (SSSR count). The predicted octanol–water partition coefficient (Wildman–Crippen LogP) is 1.48. The normalized spacial score (nSPS) is 23.3. The highest BCUT2D eigenvalue weighted by atomic mass is 32.2. The van der Waals surface area contributed by atoms with Crippen LogP contribution in [-0.4, -0.2) is 59.3 Å². The van der Waals surface area contributed by atoms with Gasteiger partial charge in [0.05, 0.1) is 17.1 Å². The molecule has 1 saturated heterocycles. The van der Waals surface area contributed by atoms with E-state index in [0.29, 0.717) is 30.5 Å². The highest BCUT2D eigenvalue weighted by Crippen LogP contribution is 2.21. The van der Waals surface area contributed by atoms with Crippen LogP contribution in [0.15, 0.2) is 12.4 Å². The van der Waals surface area contributed by atoms with Crippen LogP contribution in [0.4, 0.5) is 5.95 Å². The van der Waals surface area contributed by atoms with Crippen molar-refractivity contribution in [1.82, 2.24) is 14.9 Å². The number of nitrogens with zero attached hydrogens (tertiary/aromatic N) is 3. The van der Waals surface area contributed by atoms with E-state index in [1.807, 2.05) is 6.92 Å². The van der Waals surface area contributed by atoms with E-state index in [4.69, 9.17) is 0 Å². The predicted molar refractivity (Wildman–Crippen MR) is 91.7 cm³/mol. The van der Waals surface area contributed by atoms with Crippen LogP contribution in [0.25, 0.3) is 0 Å². The van der Waals surface area contributed by atoms with Crippen molar-refractivity contribution in [3.05, 3.63) is 18.0 Å². The first kappa shape index (κ1) is 17.1. The summed E-state index contributed by atoms with van der Waals surface area (Å²) in [5, 5.41) is 3.29. The summed E-state index contributed by atoms with van der Waals surface area (Å²) in [5.41, 5.74) is 0.401. The highest BCUT2D eigenvalue weighted by Gasteiger charge is 2.34. The number of nitrogens with one attached hydrogen (secondary N) is 1. The van der Waals surface area contributed by atoms with Crippen LogP contribution in [0.3, 0.4) is 0 Å². The first-order valence-corrected chi connectivity index (χ1v) is 10.4. The van der Waals surface area contributed by atoms with E-state index in [0.717, 1.165) is 12.8 Å². The van der Waals surface area contributed by atoms with E-state index < -0.39 is 9.84 Å². The molecule has 1 aliphatic carbocycles. The van der Waals surface area contributed by atoms with Gasteiger partial charge in [0.15, 0.2) is 9.84 Å². The zero-order valence-corrected chi connectivity index (χ0v) is 14.8. The molecular formula is C16H24N4O3S. The molecule has 24 heavy (non-hydrogen) atoms. The van der Waals surface area contributed by atoms with Crippen molar-refractivity contribution in [3.63, 3.8) is 0 Å². The van der Waals surface area contributed by atoms with Gasteiger partial charge in [0.25, 0.3) is 5.91 Å². The fourth-order valence-corrected chi connectivity index (χ4v) is 5.25. The molecule has 1 aromatic rings. The number of anilines is 1. The zero-order chi connectivity index (χ0) is 17.2. The molecule has 1 N–H and O–H groups in total. The van der Waals surface area contributed by atoms with Crippen LogP contribution in [0, 0.1) is 0 Å². The topological polar surface area (TPSA) is 92.3 Å². The molecule has 1 atom stereocenters. The molecule has 8 heteroatoms. The van der Waals surface area contributed by atoms with Gasteiger partial charge in [-0.3, -0.25) is 4.79 Å². The van der Waals surface area contributed by atoms with Gasteiger partial charge in [-0.05, 0) is 26.2 Å². The molecular weight excluding hydrogens is 328 g/mol. The second-order valence-electron chi connectivity index (χ2n) is 6.57. The van der Waals surface area contributed by atoms with Crippen molar-refractivity contribution in [1.29, 1.82) is 0 Å². The Kier molecular flexibility index (Phi) is 5.03. The van der Waals surface area contributed by atoms with Gasteiger partial charge in [0, 0.05) is 31.0 Å². The minimum Gasteiger partial charge on any atom is -0.351 e. The number of carbonyl (C=O) groups is 1. The van der Waals surface area contributed by atoms with Gasteiger partial charge in [-0.1, -0.05) is 12.8 Å². The van der Waals surface area contributed by atoms with Crippen molar-refractivity contribution >= 4 is 21.7 Å². The second kappa shape index (κ2) is 7.04. The molecule has 0 radical (unpaired) electrons. The van der Waals surface area contributed by atoms with Crippen LogP contribution >= 0.6 is 0 Å². The van der Waals surface area contributed by atoms with E-state index in [2.05, 4.69) is 15.3 Å². The molecule has 0 bridgehead atoms. The summed E-state index contributed by atoms with van der Waals surface area (Å²) in [6.07, 6.45) is 8.27. The lowest BCUT2D eigenvalue weighted by Gasteiger charge is -2.26. The van der Waals surface area contributed by atoms with Crippen molar-refractivity contribution in [2.45, 2.75) is 51.1 Å². The smallest absolute Gasteiger partial charge is 0.257 e. The third kappa shape index (κ3) is 3.85. The first-order valence-electron chi connectivity index (χ1n) is 8.58. The SMILES string of the molecule is CCN(C(=O)c1cnc(NC2CCCC2)nc1)C1CCS(=O)(=O)C1. The summed E-state index contributed by atoms with van der Waals surface area (Å²) in [6, 6.07) is 0.172. The van der Waals surface area contributed by atoms with Gasteiger partial charge in [-0.15, -0.1) is 0 Å². The molecule has 7 nitrogen and oxygen atoms in total. The summed E-state index contributed by atoms with van der Waals surface area (Å²) >= 11 is 0. The molecule has 132 valence electrons. The maximum absolute atomic E-state index is 12.7. The number of rotatable bonds is 5. The molecule has 2 heterocycles. The largest absolute Gasteiger partial charge is 0.351 e. The van der Waals surface area contributed by atoms with Gasteiger partial charge in [-0.25, -0.2) is 18.4 Å². The minimum absolute atomic E-state index is 0.0504. The number of amides is 1. The van der Waals surface area contributed by atoms with Crippen LogP contribution in [0.1, 0.15) is 49.4 Å². The summed E-state index contributed by atoms with van der Waals surface area (Å²) in [6.45, 7) is 2.33. The van der Waals surface area contributed by atoms with Crippen LogP contribution in [-0.2, 0) is 9.84 Å². The molecule has 1 aliphatic heterocycles. The maximum Gasteiger partial charge on any atom is 0.257 e. The highest BCUT2D eigenvalue weighted by molar-refractivity contribution is 7.91. The lowest BCUT2D eigenvalue weighted by molar-refractivity contribution is 0.0707. The van der Waals surface area contributed by atoms with Gasteiger partial charge in [0.2, 0.25) is 5.95 Å². The van der Waals surface area contributed by atoms with Gasteiger partial charge < -0.3 is 10.2 Å². The van der Waals surface area contributed by atoms with Gasteiger partial charge in [0.1, 0.15) is 0 Å². The summed E-state index contributed by atoms with van der Waals surface area (Å²) in [7, 11) is -3.02. The third-order valence-electron chi connectivity index (χ3n) is 4.84. The Morgan fingerprint density at radius 1 is 1.25 bits per heavy atom. The summed E-state index contributed by atoms with van der Waals surface area (Å²) in [5.74, 6) is 0.550. The Hall–Kier alpha value is -1.70. The monoisotopic (exact) mass is 352 g/mol. The number of sulfone groups is 1. The minimum atomic E-state index is -3.02. The van der Waals surface area contributed by atoms with E-state index in [1.54, 1.807) is 4.90 Å². The number of carbonyl (C=O) groups excluding carboxylic acids is 1. The average molecular weight is 352 g/mol. The quantitative estimate of drug-likeness (QED) is 0.863. The van der Waals surface area contributed by atoms with Crippen LogP contribution in [0.2, 0.25) is 0 Å². The van der Waals surface area contributed by atoms with E-state index in [1.165, 1.54) is 25.2 Å². The third-order valence-corrected chi connectivity index (χ3v) is 6.59. The average Bonchev–Trinajstić information content (AvgIpc) is 3.18. The van der Waals surface area contributed by atoms with Gasteiger partial charge >= 0.3 is 0 Å². The molecule has 2 aliphatic rings. The maximum atomic E-state index is 12.7. The van der Waals surface area contributed by atoms with E-state index >= 15 is 0 Å². The van der Waals surface area contributed by atoms with Crippen LogP contribution in [0.5, 0.6) is 0 Å². The van der Waals surface area contributed by atoms with E-state index in [-0.39, 0.29) is 23.5 Å². The molecule has 2 fully saturated rings.